The molecule has 1 aliphatic heterocycles. The van der Waals surface area contributed by atoms with Gasteiger partial charge in [0.15, 0.2) is 0 Å². The Morgan fingerprint density at radius 2 is 1.79 bits per heavy atom. The monoisotopic (exact) mass is 510 g/mol. The number of benzene rings is 3. The summed E-state index contributed by atoms with van der Waals surface area (Å²) < 4.78 is 26.6. The zero-order valence-electron chi connectivity index (χ0n) is 22.5. The van der Waals surface area contributed by atoms with E-state index >= 15 is 4.39 Å². The van der Waals surface area contributed by atoms with E-state index in [0.29, 0.717) is 30.4 Å². The highest BCUT2D eigenvalue weighted by atomic mass is 19.1. The van der Waals surface area contributed by atoms with Crippen molar-refractivity contribution in [2.45, 2.75) is 58.6 Å². The van der Waals surface area contributed by atoms with Crippen molar-refractivity contribution in [1.29, 1.82) is 5.26 Å². The highest BCUT2D eigenvalue weighted by molar-refractivity contribution is 5.85. The molecular weight excluding hydrogens is 475 g/mol. The van der Waals surface area contributed by atoms with Crippen molar-refractivity contribution in [3.63, 3.8) is 0 Å². The molecule has 0 N–H and O–H groups in total. The van der Waals surface area contributed by atoms with Crippen LogP contribution in [-0.4, -0.2) is 19.7 Å². The third kappa shape index (κ3) is 5.27. The van der Waals surface area contributed by atoms with Crippen molar-refractivity contribution in [2.75, 3.05) is 18.6 Å². The van der Waals surface area contributed by atoms with Crippen LogP contribution < -0.4 is 14.4 Å². The van der Waals surface area contributed by atoms with Gasteiger partial charge in [-0.3, -0.25) is 0 Å². The lowest BCUT2D eigenvalue weighted by atomic mass is 9.79. The Balaban J connectivity index is 1.39. The van der Waals surface area contributed by atoms with Crippen molar-refractivity contribution in [1.82, 2.24) is 0 Å². The average molecular weight is 511 g/mol. The molecule has 196 valence electrons. The van der Waals surface area contributed by atoms with Crippen LogP contribution in [0.25, 0.3) is 16.7 Å². The van der Waals surface area contributed by atoms with Crippen molar-refractivity contribution in [3.8, 4) is 28.7 Å². The Hall–Kier alpha value is -3.78. The Morgan fingerprint density at radius 3 is 2.50 bits per heavy atom. The zero-order chi connectivity index (χ0) is 26.7. The quantitative estimate of drug-likeness (QED) is 0.307. The summed E-state index contributed by atoms with van der Waals surface area (Å²) in [5, 5.41) is 9.13. The van der Waals surface area contributed by atoms with Gasteiger partial charge in [-0.25, -0.2) is 4.39 Å². The number of ether oxygens (including phenoxy) is 2. The first kappa shape index (κ1) is 25.9. The Labute approximate surface area is 225 Å². The lowest BCUT2D eigenvalue weighted by Crippen LogP contribution is -2.28. The van der Waals surface area contributed by atoms with E-state index in [1.165, 1.54) is 11.6 Å². The summed E-state index contributed by atoms with van der Waals surface area (Å²) >= 11 is 0. The number of methoxy groups -OCH3 is 1. The highest BCUT2D eigenvalue weighted by Gasteiger charge is 2.30. The SMILES string of the molecule is COc1ccc(F)c(-c2ccc(COc3ccc(N4CCC[C@H]4CC#N)cc3)cc2C2=CCCC2(C)C)c1. The summed E-state index contributed by atoms with van der Waals surface area (Å²) in [6.07, 6.45) is 7.12. The zero-order valence-corrected chi connectivity index (χ0v) is 22.5. The third-order valence-corrected chi connectivity index (χ3v) is 7.96. The molecule has 5 heteroatoms. The molecule has 3 aromatic carbocycles. The number of halogens is 1. The van der Waals surface area contributed by atoms with Crippen LogP contribution in [0, 0.1) is 22.6 Å². The highest BCUT2D eigenvalue weighted by Crippen LogP contribution is 2.47. The standard InChI is InChI=1S/C33H35FN2O2/c1-33(2)17-4-7-31(33)29-20-23(8-14-28(29)30-21-27(37-3)13-15-32(30)34)22-38-26-11-9-25(10-12-26)36-19-5-6-24(36)16-18-35/h7-15,20-21,24H,4-6,16-17,19,22H2,1-3H3/t24-/m0/s1. The van der Waals surface area contributed by atoms with Gasteiger partial charge in [0.05, 0.1) is 19.6 Å². The van der Waals surface area contributed by atoms with Gasteiger partial charge in [-0.05, 0) is 102 Å². The summed E-state index contributed by atoms with van der Waals surface area (Å²) in [6, 6.07) is 21.8. The van der Waals surface area contributed by atoms with E-state index in [0.717, 1.165) is 60.4 Å². The van der Waals surface area contributed by atoms with E-state index in [-0.39, 0.29) is 11.2 Å². The molecule has 0 bridgehead atoms. The molecule has 0 radical (unpaired) electrons. The molecule has 2 aliphatic rings. The van der Waals surface area contributed by atoms with Crippen LogP contribution in [0.1, 0.15) is 57.1 Å². The minimum absolute atomic E-state index is 0.0123. The number of hydrogen-bond acceptors (Lipinski definition) is 4. The Bertz CT molecular complexity index is 1370. The van der Waals surface area contributed by atoms with Gasteiger partial charge in [-0.2, -0.15) is 5.26 Å². The second kappa shape index (κ2) is 10.9. The molecule has 1 fully saturated rings. The van der Waals surface area contributed by atoms with Crippen LogP contribution in [0.15, 0.2) is 66.7 Å². The number of allylic oxidation sites excluding steroid dienone is 2. The molecule has 4 nitrogen and oxygen atoms in total. The minimum atomic E-state index is -0.262. The fourth-order valence-corrected chi connectivity index (χ4v) is 5.83. The summed E-state index contributed by atoms with van der Waals surface area (Å²) in [5.41, 5.74) is 5.90. The molecule has 0 saturated carbocycles. The fraction of sp³-hybridized carbons (Fsp3) is 0.364. The van der Waals surface area contributed by atoms with Gasteiger partial charge < -0.3 is 14.4 Å². The number of hydrogen-bond donors (Lipinski definition) is 0. The van der Waals surface area contributed by atoms with Crippen LogP contribution >= 0.6 is 0 Å². The summed E-state index contributed by atoms with van der Waals surface area (Å²) in [7, 11) is 1.60. The third-order valence-electron chi connectivity index (χ3n) is 7.96. The molecule has 38 heavy (non-hydrogen) atoms. The van der Waals surface area contributed by atoms with Crippen LogP contribution in [0.4, 0.5) is 10.1 Å². The Kier molecular flexibility index (Phi) is 7.42. The van der Waals surface area contributed by atoms with Crippen LogP contribution in [0.2, 0.25) is 0 Å². The van der Waals surface area contributed by atoms with Crippen molar-refractivity contribution in [2.24, 2.45) is 5.41 Å². The first-order valence-electron chi connectivity index (χ1n) is 13.4. The molecule has 1 aliphatic carbocycles. The largest absolute Gasteiger partial charge is 0.497 e. The summed E-state index contributed by atoms with van der Waals surface area (Å²) in [4.78, 5) is 2.33. The molecule has 0 unspecified atom stereocenters. The fourth-order valence-electron chi connectivity index (χ4n) is 5.83. The first-order valence-corrected chi connectivity index (χ1v) is 13.4. The maximum Gasteiger partial charge on any atom is 0.131 e. The van der Waals surface area contributed by atoms with Gasteiger partial charge in [0, 0.05) is 23.8 Å². The van der Waals surface area contributed by atoms with Crippen LogP contribution in [0.3, 0.4) is 0 Å². The van der Waals surface area contributed by atoms with Crippen molar-refractivity contribution < 1.29 is 13.9 Å². The van der Waals surface area contributed by atoms with Crippen LogP contribution in [0.5, 0.6) is 11.5 Å². The van der Waals surface area contributed by atoms with Gasteiger partial charge in [-0.15, -0.1) is 0 Å². The molecular formula is C33H35FN2O2. The van der Waals surface area contributed by atoms with Gasteiger partial charge >= 0.3 is 0 Å². The van der Waals surface area contributed by atoms with E-state index in [9.17, 15) is 0 Å². The van der Waals surface area contributed by atoms with Gasteiger partial charge in [0.1, 0.15) is 23.9 Å². The topological polar surface area (TPSA) is 45.5 Å². The minimum Gasteiger partial charge on any atom is -0.497 e. The van der Waals surface area contributed by atoms with Crippen molar-refractivity contribution >= 4 is 11.3 Å². The average Bonchev–Trinajstić information content (AvgIpc) is 3.53. The van der Waals surface area contributed by atoms with Gasteiger partial charge in [0.25, 0.3) is 0 Å². The number of nitrogens with zero attached hydrogens (tertiary/aromatic N) is 2. The van der Waals surface area contributed by atoms with Crippen molar-refractivity contribution in [3.05, 3.63) is 83.7 Å². The van der Waals surface area contributed by atoms with E-state index in [1.807, 2.05) is 24.3 Å². The number of anilines is 1. The maximum absolute atomic E-state index is 15.0. The second-order valence-corrected chi connectivity index (χ2v) is 10.9. The first-order chi connectivity index (χ1) is 18.4. The van der Waals surface area contributed by atoms with E-state index in [1.54, 1.807) is 19.2 Å². The van der Waals surface area contributed by atoms with Gasteiger partial charge in [0.2, 0.25) is 0 Å². The molecule has 3 aromatic rings. The number of rotatable bonds is 8. The number of nitriles is 1. The summed E-state index contributed by atoms with van der Waals surface area (Å²) in [6.45, 7) is 5.91. The Morgan fingerprint density at radius 1 is 1.00 bits per heavy atom. The molecule has 5 rings (SSSR count). The molecule has 0 aromatic heterocycles. The van der Waals surface area contributed by atoms with E-state index < -0.39 is 0 Å². The molecule has 1 heterocycles. The van der Waals surface area contributed by atoms with E-state index in [2.05, 4.69) is 49.1 Å². The predicted octanol–water partition coefficient (Wildman–Crippen LogP) is 8.17. The molecule has 0 spiro atoms. The predicted molar refractivity (Wildman–Crippen MR) is 151 cm³/mol. The van der Waals surface area contributed by atoms with E-state index in [4.69, 9.17) is 14.7 Å². The molecule has 1 saturated heterocycles. The summed E-state index contributed by atoms with van der Waals surface area (Å²) in [5.74, 6) is 1.17. The van der Waals surface area contributed by atoms with Gasteiger partial charge in [-0.1, -0.05) is 32.1 Å². The smallest absolute Gasteiger partial charge is 0.131 e. The molecule has 0 amide bonds. The normalized spacial score (nSPS) is 18.2. The molecule has 1 atom stereocenters. The van der Waals surface area contributed by atoms with Crippen LogP contribution in [-0.2, 0) is 6.61 Å². The maximum atomic E-state index is 15.0. The lowest BCUT2D eigenvalue weighted by molar-refractivity contribution is 0.306. The lowest BCUT2D eigenvalue weighted by Gasteiger charge is -2.26. The second-order valence-electron chi connectivity index (χ2n) is 10.9.